The van der Waals surface area contributed by atoms with E-state index in [9.17, 15) is 0 Å². The average Bonchev–Trinajstić information content (AvgIpc) is 2.55. The molecular weight excluding hydrogens is 134 g/mol. The summed E-state index contributed by atoms with van der Waals surface area (Å²) in [7, 11) is 0. The summed E-state index contributed by atoms with van der Waals surface area (Å²) >= 11 is 0. The molecule has 11 heavy (non-hydrogen) atoms. The quantitative estimate of drug-likeness (QED) is 0.584. The molecule has 2 aliphatic carbocycles. The largest absolute Gasteiger partial charge is 0.327 e. The minimum atomic E-state index is 0.477. The fourth-order valence-electron chi connectivity index (χ4n) is 2.40. The highest BCUT2D eigenvalue weighted by atomic mass is 14.8. The van der Waals surface area contributed by atoms with Crippen molar-refractivity contribution >= 4 is 0 Å². The van der Waals surface area contributed by atoms with Crippen LogP contribution >= 0.6 is 0 Å². The van der Waals surface area contributed by atoms with Crippen molar-refractivity contribution in [2.24, 2.45) is 11.7 Å². The van der Waals surface area contributed by atoms with Crippen LogP contribution in [0.2, 0.25) is 0 Å². The zero-order valence-corrected chi connectivity index (χ0v) is 6.33. The Morgan fingerprint density at radius 2 is 2.09 bits per heavy atom. The molecule has 0 spiro atoms. The summed E-state index contributed by atoms with van der Waals surface area (Å²) in [6.07, 6.45) is 1.22. The molecule has 3 rings (SSSR count). The first kappa shape index (κ1) is 5.78. The summed E-state index contributed by atoms with van der Waals surface area (Å²) in [5.41, 5.74) is 8.94. The average molecular weight is 145 g/mol. The first-order valence-electron chi connectivity index (χ1n) is 4.21. The van der Waals surface area contributed by atoms with Crippen molar-refractivity contribution in [3.8, 4) is 0 Å². The highest BCUT2D eigenvalue weighted by Crippen LogP contribution is 2.54. The second kappa shape index (κ2) is 1.67. The molecule has 1 heteroatoms. The lowest BCUT2D eigenvalue weighted by Gasteiger charge is -2.02. The van der Waals surface area contributed by atoms with Crippen LogP contribution in [0.15, 0.2) is 24.3 Å². The topological polar surface area (TPSA) is 26.0 Å². The van der Waals surface area contributed by atoms with Gasteiger partial charge in [-0.15, -0.1) is 0 Å². The monoisotopic (exact) mass is 145 g/mol. The van der Waals surface area contributed by atoms with E-state index in [1.807, 2.05) is 0 Å². The predicted octanol–water partition coefficient (Wildman–Crippen LogP) is 1.28. The molecule has 1 fully saturated rings. The molecule has 0 radical (unpaired) electrons. The van der Waals surface area contributed by atoms with Gasteiger partial charge in [-0.1, -0.05) is 24.3 Å². The van der Waals surface area contributed by atoms with E-state index in [4.69, 9.17) is 5.73 Å². The minimum Gasteiger partial charge on any atom is -0.327 e. The zero-order chi connectivity index (χ0) is 7.42. The van der Waals surface area contributed by atoms with Crippen LogP contribution in [0.1, 0.15) is 17.0 Å². The van der Waals surface area contributed by atoms with Gasteiger partial charge < -0.3 is 5.73 Å². The van der Waals surface area contributed by atoms with Gasteiger partial charge in [0.2, 0.25) is 0 Å². The van der Waals surface area contributed by atoms with Crippen LogP contribution in [0.4, 0.5) is 0 Å². The molecule has 2 N–H and O–H groups in total. The molecule has 0 unspecified atom stereocenters. The highest BCUT2D eigenvalue weighted by Gasteiger charge is 2.53. The maximum Gasteiger partial charge on any atom is 0.0149 e. The SMILES string of the molecule is N[C@@H]1[C@@H]2Cc3ccccc3[C@@H]12. The van der Waals surface area contributed by atoms with E-state index >= 15 is 0 Å². The van der Waals surface area contributed by atoms with Crippen molar-refractivity contribution in [3.05, 3.63) is 35.4 Å². The molecule has 1 aromatic rings. The highest BCUT2D eigenvalue weighted by molar-refractivity contribution is 5.44. The summed E-state index contributed by atoms with van der Waals surface area (Å²) < 4.78 is 0. The van der Waals surface area contributed by atoms with Crippen LogP contribution < -0.4 is 5.73 Å². The molecule has 1 aromatic carbocycles. The van der Waals surface area contributed by atoms with Crippen molar-refractivity contribution in [2.75, 3.05) is 0 Å². The van der Waals surface area contributed by atoms with Crippen LogP contribution in [-0.2, 0) is 6.42 Å². The summed E-state index contributed by atoms with van der Waals surface area (Å²) in [5.74, 6) is 1.50. The molecule has 0 amide bonds. The third-order valence-corrected chi connectivity index (χ3v) is 3.10. The van der Waals surface area contributed by atoms with E-state index in [0.717, 1.165) is 5.92 Å². The molecule has 1 saturated carbocycles. The van der Waals surface area contributed by atoms with E-state index in [-0.39, 0.29) is 0 Å². The van der Waals surface area contributed by atoms with E-state index in [1.165, 1.54) is 17.5 Å². The number of fused-ring (bicyclic) bond motifs is 3. The second-order valence-corrected chi connectivity index (χ2v) is 3.67. The van der Waals surface area contributed by atoms with Crippen molar-refractivity contribution in [2.45, 2.75) is 18.4 Å². The molecule has 56 valence electrons. The first-order valence-corrected chi connectivity index (χ1v) is 4.21. The maximum atomic E-state index is 5.89. The smallest absolute Gasteiger partial charge is 0.0149 e. The fraction of sp³-hybridized carbons (Fsp3) is 0.400. The summed E-state index contributed by atoms with van der Waals surface area (Å²) in [6.45, 7) is 0. The van der Waals surface area contributed by atoms with Crippen LogP contribution in [0.25, 0.3) is 0 Å². The molecule has 0 aromatic heterocycles. The Hall–Kier alpha value is -0.820. The van der Waals surface area contributed by atoms with Gasteiger partial charge in [-0.05, 0) is 23.5 Å². The molecule has 0 bridgehead atoms. The van der Waals surface area contributed by atoms with Gasteiger partial charge >= 0.3 is 0 Å². The lowest BCUT2D eigenvalue weighted by atomic mass is 10.1. The Morgan fingerprint density at radius 3 is 3.00 bits per heavy atom. The standard InChI is InChI=1S/C10H11N/c11-10-8-5-6-3-1-2-4-7(6)9(8)10/h1-4,8-10H,5,11H2/t8-,9-,10-/m1/s1. The maximum absolute atomic E-state index is 5.89. The van der Waals surface area contributed by atoms with Gasteiger partial charge in [0.05, 0.1) is 0 Å². The summed E-state index contributed by atoms with van der Waals surface area (Å²) in [5, 5.41) is 0. The molecule has 0 heterocycles. The Balaban J connectivity index is 2.13. The Bertz CT molecular complexity index is 305. The molecule has 0 saturated heterocycles. The number of nitrogens with two attached hydrogens (primary N) is 1. The number of rotatable bonds is 0. The van der Waals surface area contributed by atoms with Gasteiger partial charge in [0.25, 0.3) is 0 Å². The molecular formula is C10H11N. The number of hydrogen-bond acceptors (Lipinski definition) is 1. The summed E-state index contributed by atoms with van der Waals surface area (Å²) in [4.78, 5) is 0. The fourth-order valence-corrected chi connectivity index (χ4v) is 2.40. The van der Waals surface area contributed by atoms with E-state index in [2.05, 4.69) is 24.3 Å². The van der Waals surface area contributed by atoms with Crippen LogP contribution in [0, 0.1) is 5.92 Å². The Labute approximate surface area is 66.2 Å². The number of hydrogen-bond donors (Lipinski definition) is 1. The van der Waals surface area contributed by atoms with Crippen LogP contribution in [0.5, 0.6) is 0 Å². The molecule has 2 aliphatic rings. The van der Waals surface area contributed by atoms with Crippen LogP contribution in [0.3, 0.4) is 0 Å². The van der Waals surface area contributed by atoms with Crippen LogP contribution in [-0.4, -0.2) is 6.04 Å². The lowest BCUT2D eigenvalue weighted by Crippen LogP contribution is -2.08. The van der Waals surface area contributed by atoms with Gasteiger partial charge in [-0.2, -0.15) is 0 Å². The normalized spacial score (nSPS) is 38.1. The third-order valence-electron chi connectivity index (χ3n) is 3.10. The van der Waals surface area contributed by atoms with Gasteiger partial charge in [-0.25, -0.2) is 0 Å². The van der Waals surface area contributed by atoms with Crippen molar-refractivity contribution < 1.29 is 0 Å². The lowest BCUT2D eigenvalue weighted by molar-refractivity contribution is 0.801. The summed E-state index contributed by atoms with van der Waals surface area (Å²) in [6, 6.07) is 9.17. The predicted molar refractivity (Wildman–Crippen MR) is 44.4 cm³/mol. The third kappa shape index (κ3) is 0.596. The molecule has 3 atom stereocenters. The second-order valence-electron chi connectivity index (χ2n) is 3.67. The van der Waals surface area contributed by atoms with Gasteiger partial charge in [-0.3, -0.25) is 0 Å². The molecule has 0 aliphatic heterocycles. The van der Waals surface area contributed by atoms with Gasteiger partial charge in [0.1, 0.15) is 0 Å². The Morgan fingerprint density at radius 1 is 1.27 bits per heavy atom. The van der Waals surface area contributed by atoms with E-state index < -0.39 is 0 Å². The molecule has 1 nitrogen and oxygen atoms in total. The van der Waals surface area contributed by atoms with Crippen molar-refractivity contribution in [1.29, 1.82) is 0 Å². The van der Waals surface area contributed by atoms with Crippen molar-refractivity contribution in [3.63, 3.8) is 0 Å². The van der Waals surface area contributed by atoms with Gasteiger partial charge in [0, 0.05) is 12.0 Å². The van der Waals surface area contributed by atoms with E-state index in [0.29, 0.717) is 12.0 Å². The van der Waals surface area contributed by atoms with E-state index in [1.54, 1.807) is 0 Å². The minimum absolute atomic E-state index is 0.477. The Kier molecular flexibility index (Phi) is 0.878. The van der Waals surface area contributed by atoms with Crippen molar-refractivity contribution in [1.82, 2.24) is 0 Å². The zero-order valence-electron chi connectivity index (χ0n) is 6.33. The van der Waals surface area contributed by atoms with Gasteiger partial charge in [0.15, 0.2) is 0 Å². The number of benzene rings is 1. The first-order chi connectivity index (χ1) is 5.38.